The van der Waals surface area contributed by atoms with Crippen molar-refractivity contribution in [1.29, 1.82) is 5.26 Å². The highest BCUT2D eigenvalue weighted by molar-refractivity contribution is 5.11. The quantitative estimate of drug-likeness (QED) is 0.836. The molecule has 2 rings (SSSR count). The molecule has 0 amide bonds. The zero-order valence-corrected chi connectivity index (χ0v) is 9.57. The van der Waals surface area contributed by atoms with Crippen LogP contribution in [0.5, 0.6) is 0 Å². The molecule has 1 atom stereocenters. The maximum Gasteiger partial charge on any atom is 0.122 e. The summed E-state index contributed by atoms with van der Waals surface area (Å²) < 4.78 is 5.64. The lowest BCUT2D eigenvalue weighted by atomic mass is 10.1. The highest BCUT2D eigenvalue weighted by Crippen LogP contribution is 2.25. The van der Waals surface area contributed by atoms with Crippen molar-refractivity contribution in [2.24, 2.45) is 0 Å². The van der Waals surface area contributed by atoms with Crippen molar-refractivity contribution in [3.8, 4) is 6.07 Å². The molecule has 0 spiro atoms. The molecule has 0 bridgehead atoms. The first kappa shape index (κ1) is 11.2. The average Bonchev–Trinajstić information content (AvgIpc) is 2.74. The van der Waals surface area contributed by atoms with Gasteiger partial charge < -0.3 is 9.73 Å². The zero-order chi connectivity index (χ0) is 11.4. The van der Waals surface area contributed by atoms with Crippen LogP contribution in [0.4, 0.5) is 0 Å². The second kappa shape index (κ2) is 5.15. The molecular weight excluding hydrogens is 202 g/mol. The summed E-state index contributed by atoms with van der Waals surface area (Å²) in [7, 11) is 0. The lowest BCUT2D eigenvalue weighted by molar-refractivity contribution is 0.156. The van der Waals surface area contributed by atoms with Crippen LogP contribution in [-0.4, -0.2) is 31.1 Å². The van der Waals surface area contributed by atoms with Crippen LogP contribution in [0.2, 0.25) is 0 Å². The molecule has 4 heteroatoms. The summed E-state index contributed by atoms with van der Waals surface area (Å²) in [5.41, 5.74) is 0. The fourth-order valence-corrected chi connectivity index (χ4v) is 2.12. The zero-order valence-electron chi connectivity index (χ0n) is 9.57. The number of piperazine rings is 1. The molecule has 1 fully saturated rings. The van der Waals surface area contributed by atoms with E-state index in [9.17, 15) is 0 Å². The average molecular weight is 219 g/mol. The molecule has 0 radical (unpaired) electrons. The minimum Gasteiger partial charge on any atom is -0.465 e. The third-order valence-electron chi connectivity index (χ3n) is 2.97. The van der Waals surface area contributed by atoms with E-state index in [0.29, 0.717) is 6.42 Å². The lowest BCUT2D eigenvalue weighted by Gasteiger charge is -2.32. The predicted molar refractivity (Wildman–Crippen MR) is 60.9 cm³/mol. The third-order valence-corrected chi connectivity index (χ3v) is 2.97. The molecule has 1 aromatic heterocycles. The van der Waals surface area contributed by atoms with E-state index in [-0.39, 0.29) is 6.04 Å². The van der Waals surface area contributed by atoms with Crippen molar-refractivity contribution in [2.75, 3.05) is 26.2 Å². The number of nitrogens with one attached hydrogen (secondary N) is 1. The predicted octanol–water partition coefficient (Wildman–Crippen LogP) is 1.45. The first-order chi connectivity index (χ1) is 7.81. The Hall–Kier alpha value is -1.31. The second-order valence-corrected chi connectivity index (χ2v) is 4.11. The monoisotopic (exact) mass is 219 g/mol. The Kier molecular flexibility index (Phi) is 3.60. The summed E-state index contributed by atoms with van der Waals surface area (Å²) in [6.07, 6.45) is 0.493. The number of furan rings is 1. The summed E-state index contributed by atoms with van der Waals surface area (Å²) in [6, 6.07) is 6.31. The van der Waals surface area contributed by atoms with E-state index in [0.717, 1.165) is 37.7 Å². The molecule has 1 aliphatic rings. The Balaban J connectivity index is 2.13. The van der Waals surface area contributed by atoms with Gasteiger partial charge in [0.2, 0.25) is 0 Å². The van der Waals surface area contributed by atoms with Gasteiger partial charge in [0.15, 0.2) is 0 Å². The topological polar surface area (TPSA) is 52.2 Å². The highest BCUT2D eigenvalue weighted by atomic mass is 16.3. The molecule has 0 aliphatic carbocycles. The summed E-state index contributed by atoms with van der Waals surface area (Å²) >= 11 is 0. The molecule has 1 aliphatic heterocycles. The SMILES string of the molecule is Cc1ccc([C@H](CC#N)N2CCNCC2)o1. The van der Waals surface area contributed by atoms with Crippen LogP contribution in [0, 0.1) is 18.3 Å². The lowest BCUT2D eigenvalue weighted by Crippen LogP contribution is -2.45. The van der Waals surface area contributed by atoms with E-state index < -0.39 is 0 Å². The maximum atomic E-state index is 8.90. The first-order valence-corrected chi connectivity index (χ1v) is 5.69. The van der Waals surface area contributed by atoms with Crippen LogP contribution >= 0.6 is 0 Å². The molecular formula is C12H17N3O. The molecule has 2 heterocycles. The number of hydrogen-bond acceptors (Lipinski definition) is 4. The van der Waals surface area contributed by atoms with Gasteiger partial charge in [0.25, 0.3) is 0 Å². The van der Waals surface area contributed by atoms with Crippen LogP contribution in [0.3, 0.4) is 0 Å². The van der Waals surface area contributed by atoms with Gasteiger partial charge in [-0.15, -0.1) is 0 Å². The van der Waals surface area contributed by atoms with Crippen LogP contribution in [0.15, 0.2) is 16.5 Å². The Morgan fingerprint density at radius 3 is 2.81 bits per heavy atom. The summed E-state index contributed by atoms with van der Waals surface area (Å²) in [5.74, 6) is 1.83. The van der Waals surface area contributed by atoms with Crippen molar-refractivity contribution in [2.45, 2.75) is 19.4 Å². The van der Waals surface area contributed by atoms with Crippen molar-refractivity contribution in [1.82, 2.24) is 10.2 Å². The Morgan fingerprint density at radius 2 is 2.25 bits per heavy atom. The Bertz CT molecular complexity index is 374. The van der Waals surface area contributed by atoms with Gasteiger partial charge >= 0.3 is 0 Å². The second-order valence-electron chi connectivity index (χ2n) is 4.11. The van der Waals surface area contributed by atoms with E-state index in [1.165, 1.54) is 0 Å². The van der Waals surface area contributed by atoms with E-state index in [4.69, 9.17) is 9.68 Å². The molecule has 86 valence electrons. The summed E-state index contributed by atoms with van der Waals surface area (Å²) in [6.45, 7) is 5.87. The van der Waals surface area contributed by atoms with Gasteiger partial charge in [0.05, 0.1) is 18.5 Å². The van der Waals surface area contributed by atoms with Gasteiger partial charge in [-0.2, -0.15) is 5.26 Å². The minimum atomic E-state index is 0.112. The van der Waals surface area contributed by atoms with Crippen molar-refractivity contribution < 1.29 is 4.42 Å². The molecule has 1 N–H and O–H groups in total. The standard InChI is InChI=1S/C12H17N3O/c1-10-2-3-12(16-10)11(4-5-13)15-8-6-14-7-9-15/h2-3,11,14H,4,6-9H2,1H3/t11-/m0/s1. The molecule has 1 saturated heterocycles. The van der Waals surface area contributed by atoms with Gasteiger partial charge in [-0.25, -0.2) is 0 Å². The first-order valence-electron chi connectivity index (χ1n) is 5.69. The van der Waals surface area contributed by atoms with Crippen molar-refractivity contribution in [3.05, 3.63) is 23.7 Å². The van der Waals surface area contributed by atoms with Gasteiger partial charge in [-0.3, -0.25) is 4.90 Å². The summed E-state index contributed by atoms with van der Waals surface area (Å²) in [5, 5.41) is 12.2. The molecule has 0 aromatic carbocycles. The number of nitriles is 1. The molecule has 4 nitrogen and oxygen atoms in total. The van der Waals surface area contributed by atoms with Gasteiger partial charge in [0, 0.05) is 26.2 Å². The third kappa shape index (κ3) is 2.43. The fraction of sp³-hybridized carbons (Fsp3) is 0.583. The van der Waals surface area contributed by atoms with E-state index >= 15 is 0 Å². The van der Waals surface area contributed by atoms with Crippen molar-refractivity contribution >= 4 is 0 Å². The molecule has 0 saturated carbocycles. The number of nitrogens with zero attached hydrogens (tertiary/aromatic N) is 2. The number of hydrogen-bond donors (Lipinski definition) is 1. The maximum absolute atomic E-state index is 8.90. The van der Waals surface area contributed by atoms with E-state index in [1.807, 2.05) is 19.1 Å². The normalized spacial score (nSPS) is 19.2. The van der Waals surface area contributed by atoms with Crippen LogP contribution in [-0.2, 0) is 0 Å². The smallest absolute Gasteiger partial charge is 0.122 e. The van der Waals surface area contributed by atoms with E-state index in [2.05, 4.69) is 16.3 Å². The summed E-state index contributed by atoms with van der Waals surface area (Å²) in [4.78, 5) is 2.32. The van der Waals surface area contributed by atoms with Crippen molar-refractivity contribution in [3.63, 3.8) is 0 Å². The van der Waals surface area contributed by atoms with Crippen LogP contribution in [0.25, 0.3) is 0 Å². The largest absolute Gasteiger partial charge is 0.465 e. The molecule has 0 unspecified atom stereocenters. The Labute approximate surface area is 95.8 Å². The van der Waals surface area contributed by atoms with E-state index in [1.54, 1.807) is 0 Å². The minimum absolute atomic E-state index is 0.112. The highest BCUT2D eigenvalue weighted by Gasteiger charge is 2.24. The number of aryl methyl sites for hydroxylation is 1. The van der Waals surface area contributed by atoms with Crippen LogP contribution < -0.4 is 5.32 Å². The van der Waals surface area contributed by atoms with Gasteiger partial charge in [-0.05, 0) is 19.1 Å². The van der Waals surface area contributed by atoms with Gasteiger partial charge in [-0.1, -0.05) is 0 Å². The van der Waals surface area contributed by atoms with Gasteiger partial charge in [0.1, 0.15) is 11.5 Å². The fourth-order valence-electron chi connectivity index (χ4n) is 2.12. The van der Waals surface area contributed by atoms with Crippen LogP contribution in [0.1, 0.15) is 24.0 Å². The Morgan fingerprint density at radius 1 is 1.50 bits per heavy atom. The molecule has 1 aromatic rings. The number of rotatable bonds is 3. The molecule has 16 heavy (non-hydrogen) atoms.